The molecule has 0 radical (unpaired) electrons. The summed E-state index contributed by atoms with van der Waals surface area (Å²) in [6, 6.07) is 4.64. The van der Waals surface area contributed by atoms with Crippen molar-refractivity contribution < 1.29 is 22.7 Å². The summed E-state index contributed by atoms with van der Waals surface area (Å²) in [6.07, 6.45) is -4.87. The second kappa shape index (κ2) is 6.84. The van der Waals surface area contributed by atoms with Crippen LogP contribution in [0.3, 0.4) is 0 Å². The predicted octanol–water partition coefficient (Wildman–Crippen LogP) is 2.08. The second-order valence-corrected chi connectivity index (χ2v) is 6.44. The van der Waals surface area contributed by atoms with Gasteiger partial charge in [0.15, 0.2) is 6.10 Å². The third-order valence-corrected chi connectivity index (χ3v) is 4.47. The molecule has 1 aliphatic heterocycles. The molecular formula is C18H18F3N3O4. The van der Waals surface area contributed by atoms with Crippen LogP contribution in [0.15, 0.2) is 33.9 Å². The van der Waals surface area contributed by atoms with Gasteiger partial charge in [-0.05, 0) is 31.5 Å². The van der Waals surface area contributed by atoms with Crippen LogP contribution in [-0.2, 0) is 18.0 Å². The van der Waals surface area contributed by atoms with Crippen LogP contribution in [0.1, 0.15) is 26.0 Å². The maximum absolute atomic E-state index is 13.0. The van der Waals surface area contributed by atoms with E-state index in [1.807, 2.05) is 6.92 Å². The van der Waals surface area contributed by atoms with Crippen molar-refractivity contribution >= 4 is 11.6 Å². The van der Waals surface area contributed by atoms with Gasteiger partial charge in [-0.1, -0.05) is 6.92 Å². The molecule has 28 heavy (non-hydrogen) atoms. The molecule has 1 atom stereocenters. The van der Waals surface area contributed by atoms with Gasteiger partial charge in [-0.25, -0.2) is 9.36 Å². The van der Waals surface area contributed by atoms with Gasteiger partial charge in [0.2, 0.25) is 0 Å². The molecule has 1 aromatic carbocycles. The maximum Gasteiger partial charge on any atom is 0.431 e. The minimum absolute atomic E-state index is 0.0464. The number of carbonyl (C=O) groups is 1. The van der Waals surface area contributed by atoms with Crippen LogP contribution in [0.25, 0.3) is 5.69 Å². The van der Waals surface area contributed by atoms with Gasteiger partial charge in [-0.15, -0.1) is 0 Å². The topological polar surface area (TPSA) is 73.5 Å². The number of carbonyl (C=O) groups excluding carboxylic acids is 1. The van der Waals surface area contributed by atoms with Crippen LogP contribution in [-0.4, -0.2) is 27.7 Å². The maximum atomic E-state index is 13.0. The van der Waals surface area contributed by atoms with E-state index in [0.717, 1.165) is 7.05 Å². The molecule has 0 bridgehead atoms. The quantitative estimate of drug-likeness (QED) is 0.795. The molecule has 1 aromatic heterocycles. The summed E-state index contributed by atoms with van der Waals surface area (Å²) in [5.74, 6) is 0.111. The normalized spacial score (nSPS) is 16.7. The monoisotopic (exact) mass is 397 g/mol. The number of hydrogen-bond acceptors (Lipinski definition) is 4. The lowest BCUT2D eigenvalue weighted by molar-refractivity contribution is -0.144. The highest BCUT2D eigenvalue weighted by molar-refractivity contribution is 6.00. The first kappa shape index (κ1) is 19.7. The molecule has 2 aromatic rings. The fourth-order valence-electron chi connectivity index (χ4n) is 3.12. The van der Waals surface area contributed by atoms with Crippen LogP contribution in [0, 0.1) is 0 Å². The molecule has 1 unspecified atom stereocenters. The van der Waals surface area contributed by atoms with Crippen molar-refractivity contribution in [1.29, 1.82) is 0 Å². The average Bonchev–Trinajstić information content (AvgIpc) is 2.61. The Bertz CT molecular complexity index is 1060. The number of amides is 1. The molecule has 0 fully saturated rings. The summed E-state index contributed by atoms with van der Waals surface area (Å²) in [7, 11) is 0.942. The Kier molecular flexibility index (Phi) is 4.82. The number of nitrogens with zero attached hydrogens (tertiary/aromatic N) is 3. The Balaban J connectivity index is 2.20. The molecule has 0 spiro atoms. The van der Waals surface area contributed by atoms with Crippen LogP contribution in [0.2, 0.25) is 0 Å². The van der Waals surface area contributed by atoms with E-state index < -0.39 is 29.2 Å². The number of aromatic nitrogens is 2. The summed E-state index contributed by atoms with van der Waals surface area (Å²) in [6.45, 7) is 3.88. The lowest BCUT2D eigenvalue weighted by Crippen LogP contribution is -2.45. The highest BCUT2D eigenvalue weighted by Crippen LogP contribution is 2.35. The van der Waals surface area contributed by atoms with E-state index in [9.17, 15) is 27.6 Å². The van der Waals surface area contributed by atoms with E-state index in [1.54, 1.807) is 6.92 Å². The van der Waals surface area contributed by atoms with E-state index in [1.165, 1.54) is 23.1 Å². The standard InChI is InChI=1S/C18H18F3N3O4/c1-4-7-23-12-8-11(5-6-13(12)28-10(2)16(23)26)24-15(25)9-14(18(19,20)21)22(3)17(24)27/h5-6,8-10H,4,7H2,1-3H3. The first-order valence-electron chi connectivity index (χ1n) is 8.59. The number of anilines is 1. The molecule has 150 valence electrons. The highest BCUT2D eigenvalue weighted by Gasteiger charge is 2.35. The third-order valence-electron chi connectivity index (χ3n) is 4.47. The molecule has 10 heteroatoms. The van der Waals surface area contributed by atoms with Crippen molar-refractivity contribution in [3.05, 3.63) is 50.8 Å². The van der Waals surface area contributed by atoms with Gasteiger partial charge in [0, 0.05) is 19.7 Å². The van der Waals surface area contributed by atoms with Crippen LogP contribution < -0.4 is 20.9 Å². The first-order chi connectivity index (χ1) is 13.1. The van der Waals surface area contributed by atoms with Gasteiger partial charge in [-0.2, -0.15) is 13.2 Å². The largest absolute Gasteiger partial charge is 0.479 e. The van der Waals surface area contributed by atoms with Gasteiger partial charge >= 0.3 is 11.9 Å². The minimum atomic E-state index is -4.84. The van der Waals surface area contributed by atoms with Crippen molar-refractivity contribution in [2.45, 2.75) is 32.5 Å². The van der Waals surface area contributed by atoms with Crippen molar-refractivity contribution in [2.75, 3.05) is 11.4 Å². The molecule has 7 nitrogen and oxygen atoms in total. The Morgan fingerprint density at radius 1 is 1.14 bits per heavy atom. The second-order valence-electron chi connectivity index (χ2n) is 6.44. The lowest BCUT2D eigenvalue weighted by atomic mass is 10.1. The SMILES string of the molecule is CCCN1C(=O)C(C)Oc2ccc(-n3c(=O)cc(C(F)(F)F)n(C)c3=O)cc21. The minimum Gasteiger partial charge on any atom is -0.479 e. The lowest BCUT2D eigenvalue weighted by Gasteiger charge is -2.33. The van der Waals surface area contributed by atoms with E-state index >= 15 is 0 Å². The van der Waals surface area contributed by atoms with E-state index in [0.29, 0.717) is 39.6 Å². The zero-order valence-electron chi connectivity index (χ0n) is 15.4. The summed E-state index contributed by atoms with van der Waals surface area (Å²) in [5, 5.41) is 0. The molecule has 0 saturated heterocycles. The summed E-state index contributed by atoms with van der Waals surface area (Å²) >= 11 is 0. The van der Waals surface area contributed by atoms with Gasteiger partial charge < -0.3 is 9.64 Å². The molecule has 2 heterocycles. The molecule has 3 rings (SSSR count). The van der Waals surface area contributed by atoms with Crippen molar-refractivity contribution in [3.63, 3.8) is 0 Å². The Labute approximate surface area is 157 Å². The number of benzene rings is 1. The van der Waals surface area contributed by atoms with Gasteiger partial charge in [0.25, 0.3) is 11.5 Å². The zero-order chi connectivity index (χ0) is 20.8. The van der Waals surface area contributed by atoms with E-state index in [2.05, 4.69) is 0 Å². The number of fused-ring (bicyclic) bond motifs is 1. The van der Waals surface area contributed by atoms with E-state index in [4.69, 9.17) is 4.74 Å². The fraction of sp³-hybridized carbons (Fsp3) is 0.389. The predicted molar refractivity (Wildman–Crippen MR) is 95.0 cm³/mol. The van der Waals surface area contributed by atoms with Gasteiger partial charge in [-0.3, -0.25) is 14.2 Å². The number of alkyl halides is 3. The summed E-state index contributed by atoms with van der Waals surface area (Å²) in [4.78, 5) is 38.6. The van der Waals surface area contributed by atoms with Gasteiger partial charge in [0.05, 0.1) is 11.4 Å². The molecule has 0 saturated carbocycles. The Hall–Kier alpha value is -3.04. The average molecular weight is 397 g/mol. The molecule has 1 aliphatic rings. The van der Waals surface area contributed by atoms with Crippen molar-refractivity contribution in [2.24, 2.45) is 7.05 Å². The van der Waals surface area contributed by atoms with Crippen LogP contribution >= 0.6 is 0 Å². The molecular weight excluding hydrogens is 379 g/mol. The summed E-state index contributed by atoms with van der Waals surface area (Å²) in [5.41, 5.74) is -3.19. The van der Waals surface area contributed by atoms with E-state index in [-0.39, 0.29) is 11.6 Å². The van der Waals surface area contributed by atoms with Crippen LogP contribution in [0.4, 0.5) is 18.9 Å². The van der Waals surface area contributed by atoms with Crippen molar-refractivity contribution in [1.82, 2.24) is 9.13 Å². The fourth-order valence-corrected chi connectivity index (χ4v) is 3.12. The first-order valence-corrected chi connectivity index (χ1v) is 8.59. The van der Waals surface area contributed by atoms with Crippen molar-refractivity contribution in [3.8, 4) is 11.4 Å². The number of rotatable bonds is 3. The number of ether oxygens (including phenoxy) is 1. The zero-order valence-corrected chi connectivity index (χ0v) is 15.4. The molecule has 0 N–H and O–H groups in total. The number of hydrogen-bond donors (Lipinski definition) is 0. The highest BCUT2D eigenvalue weighted by atomic mass is 19.4. The van der Waals surface area contributed by atoms with Gasteiger partial charge in [0.1, 0.15) is 11.4 Å². The van der Waals surface area contributed by atoms with Crippen LogP contribution in [0.5, 0.6) is 5.75 Å². The summed E-state index contributed by atoms with van der Waals surface area (Å²) < 4.78 is 45.6. The molecule has 0 aliphatic carbocycles. The smallest absolute Gasteiger partial charge is 0.431 e. The Morgan fingerprint density at radius 2 is 1.82 bits per heavy atom. The number of halogens is 3. The molecule has 1 amide bonds. The third kappa shape index (κ3) is 3.19. The Morgan fingerprint density at radius 3 is 2.43 bits per heavy atom.